The fourth-order valence-electron chi connectivity index (χ4n) is 2.21. The highest BCUT2D eigenvalue weighted by Crippen LogP contribution is 2.54. The maximum Gasteiger partial charge on any atom is 0.304 e. The fraction of sp³-hybridized carbons (Fsp3) is 0.364. The van der Waals surface area contributed by atoms with Crippen LogP contribution in [0.5, 0.6) is 0 Å². The Morgan fingerprint density at radius 2 is 1.89 bits per heavy atom. The molecular formula is C11H10N2O6. The number of nitro groups is 2. The number of carbonyl (C=O) groups is 1. The average Bonchev–Trinajstić information content (AvgIpc) is 3.08. The molecule has 0 amide bonds. The summed E-state index contributed by atoms with van der Waals surface area (Å²) in [6, 6.07) is 3.35. The highest BCUT2D eigenvalue weighted by Gasteiger charge is 2.49. The third-order valence-corrected chi connectivity index (χ3v) is 3.30. The van der Waals surface area contributed by atoms with Gasteiger partial charge in [-0.05, 0) is 18.9 Å². The van der Waals surface area contributed by atoms with Crippen molar-refractivity contribution in [2.45, 2.75) is 24.7 Å². The van der Waals surface area contributed by atoms with Crippen LogP contribution < -0.4 is 0 Å². The van der Waals surface area contributed by atoms with E-state index in [1.807, 2.05) is 0 Å². The van der Waals surface area contributed by atoms with E-state index in [0.29, 0.717) is 12.8 Å². The molecule has 8 heteroatoms. The van der Waals surface area contributed by atoms with E-state index < -0.39 is 21.2 Å². The molecule has 0 aromatic heterocycles. The van der Waals surface area contributed by atoms with Crippen LogP contribution in [0.4, 0.5) is 11.4 Å². The first-order chi connectivity index (χ1) is 8.85. The molecule has 1 N–H and O–H groups in total. The number of carboxylic acid groups (broad SMARTS) is 1. The van der Waals surface area contributed by atoms with Gasteiger partial charge in [0.05, 0.1) is 22.3 Å². The van der Waals surface area contributed by atoms with Crippen LogP contribution in [0, 0.1) is 20.2 Å². The van der Waals surface area contributed by atoms with Crippen molar-refractivity contribution in [3.63, 3.8) is 0 Å². The summed E-state index contributed by atoms with van der Waals surface area (Å²) in [6.45, 7) is 0. The molecule has 0 heterocycles. The van der Waals surface area contributed by atoms with E-state index in [4.69, 9.17) is 5.11 Å². The Bertz CT molecular complexity index is 579. The molecule has 100 valence electrons. The SMILES string of the molecule is O=C(O)CC1(c2ccc([N+](=O)[O-])cc2[N+](=O)[O-])CC1. The van der Waals surface area contributed by atoms with Crippen LogP contribution in [0.25, 0.3) is 0 Å². The molecule has 0 aliphatic heterocycles. The number of nitrogens with zero attached hydrogens (tertiary/aromatic N) is 2. The number of carboxylic acids is 1. The van der Waals surface area contributed by atoms with Gasteiger partial charge in [0.15, 0.2) is 0 Å². The Morgan fingerprint density at radius 3 is 2.32 bits per heavy atom. The maximum absolute atomic E-state index is 11.0. The molecule has 1 fully saturated rings. The van der Waals surface area contributed by atoms with Crippen LogP contribution >= 0.6 is 0 Å². The highest BCUT2D eigenvalue weighted by molar-refractivity contribution is 5.71. The molecule has 1 saturated carbocycles. The first-order valence-electron chi connectivity index (χ1n) is 5.51. The molecule has 19 heavy (non-hydrogen) atoms. The molecule has 0 unspecified atom stereocenters. The maximum atomic E-state index is 11.0. The lowest BCUT2D eigenvalue weighted by molar-refractivity contribution is -0.394. The van der Waals surface area contributed by atoms with E-state index in [9.17, 15) is 25.0 Å². The molecule has 0 atom stereocenters. The second-order valence-electron chi connectivity index (χ2n) is 4.57. The van der Waals surface area contributed by atoms with Crippen molar-refractivity contribution in [3.05, 3.63) is 44.0 Å². The Labute approximate surface area is 107 Å². The first-order valence-corrected chi connectivity index (χ1v) is 5.51. The summed E-state index contributed by atoms with van der Waals surface area (Å²) in [4.78, 5) is 31.0. The molecule has 1 aliphatic rings. The van der Waals surface area contributed by atoms with Gasteiger partial charge in [0.25, 0.3) is 11.4 Å². The normalized spacial score (nSPS) is 15.8. The Hall–Kier alpha value is -2.51. The van der Waals surface area contributed by atoms with Crippen LogP contribution in [0.3, 0.4) is 0 Å². The lowest BCUT2D eigenvalue weighted by Crippen LogP contribution is -2.15. The zero-order chi connectivity index (χ0) is 14.2. The molecule has 1 aliphatic carbocycles. The summed E-state index contributed by atoms with van der Waals surface area (Å²) >= 11 is 0. The molecule has 1 aromatic rings. The second-order valence-corrected chi connectivity index (χ2v) is 4.57. The summed E-state index contributed by atoms with van der Waals surface area (Å²) < 4.78 is 0. The molecular weight excluding hydrogens is 256 g/mol. The van der Waals surface area contributed by atoms with Crippen molar-refractivity contribution in [1.82, 2.24) is 0 Å². The van der Waals surface area contributed by atoms with Crippen molar-refractivity contribution in [2.75, 3.05) is 0 Å². The number of rotatable bonds is 5. The molecule has 8 nitrogen and oxygen atoms in total. The van der Waals surface area contributed by atoms with Gasteiger partial charge in [-0.3, -0.25) is 25.0 Å². The van der Waals surface area contributed by atoms with Gasteiger partial charge in [-0.1, -0.05) is 0 Å². The second kappa shape index (κ2) is 4.30. The van der Waals surface area contributed by atoms with E-state index in [0.717, 1.165) is 6.07 Å². The van der Waals surface area contributed by atoms with Crippen molar-refractivity contribution in [3.8, 4) is 0 Å². The van der Waals surface area contributed by atoms with Crippen LogP contribution in [-0.2, 0) is 10.2 Å². The van der Waals surface area contributed by atoms with E-state index >= 15 is 0 Å². The smallest absolute Gasteiger partial charge is 0.304 e. The standard InChI is InChI=1S/C11H10N2O6/c14-10(15)6-11(3-4-11)8-2-1-7(12(16)17)5-9(8)13(18)19/h1-2,5H,3-4,6H2,(H,14,15). The topological polar surface area (TPSA) is 124 Å². The Morgan fingerprint density at radius 1 is 1.26 bits per heavy atom. The minimum absolute atomic E-state index is 0.203. The van der Waals surface area contributed by atoms with Gasteiger partial charge in [0.2, 0.25) is 0 Å². The predicted molar refractivity (Wildman–Crippen MR) is 62.9 cm³/mol. The van der Waals surface area contributed by atoms with Gasteiger partial charge < -0.3 is 5.11 Å². The van der Waals surface area contributed by atoms with E-state index in [1.54, 1.807) is 0 Å². The number of hydrogen-bond acceptors (Lipinski definition) is 5. The lowest BCUT2D eigenvalue weighted by atomic mass is 9.91. The molecule has 0 bridgehead atoms. The lowest BCUT2D eigenvalue weighted by Gasteiger charge is -2.12. The quantitative estimate of drug-likeness (QED) is 0.642. The molecule has 2 rings (SSSR count). The van der Waals surface area contributed by atoms with Crippen LogP contribution in [0.2, 0.25) is 0 Å². The van der Waals surface area contributed by atoms with Gasteiger partial charge in [-0.2, -0.15) is 0 Å². The Kier molecular flexibility index (Phi) is 2.93. The monoisotopic (exact) mass is 266 g/mol. The molecule has 1 aromatic carbocycles. The van der Waals surface area contributed by atoms with E-state index in [2.05, 4.69) is 0 Å². The minimum Gasteiger partial charge on any atom is -0.481 e. The minimum atomic E-state index is -1.04. The molecule has 0 spiro atoms. The van der Waals surface area contributed by atoms with Gasteiger partial charge in [0.1, 0.15) is 0 Å². The van der Waals surface area contributed by atoms with E-state index in [-0.39, 0.29) is 23.4 Å². The van der Waals surface area contributed by atoms with Crippen molar-refractivity contribution >= 4 is 17.3 Å². The highest BCUT2D eigenvalue weighted by atomic mass is 16.6. The number of nitro benzene ring substituents is 2. The van der Waals surface area contributed by atoms with Crippen molar-refractivity contribution < 1.29 is 19.7 Å². The number of non-ortho nitro benzene ring substituents is 1. The van der Waals surface area contributed by atoms with Crippen LogP contribution in [-0.4, -0.2) is 20.9 Å². The fourth-order valence-corrected chi connectivity index (χ4v) is 2.21. The van der Waals surface area contributed by atoms with Crippen LogP contribution in [0.15, 0.2) is 18.2 Å². The molecule has 0 radical (unpaired) electrons. The first kappa shape index (κ1) is 12.9. The van der Waals surface area contributed by atoms with Crippen molar-refractivity contribution in [1.29, 1.82) is 0 Å². The summed E-state index contributed by atoms with van der Waals surface area (Å²) in [5.74, 6) is -1.04. The summed E-state index contributed by atoms with van der Waals surface area (Å²) in [7, 11) is 0. The third-order valence-electron chi connectivity index (χ3n) is 3.30. The zero-order valence-electron chi connectivity index (χ0n) is 9.74. The van der Waals surface area contributed by atoms with Gasteiger partial charge in [-0.25, -0.2) is 0 Å². The summed E-state index contributed by atoms with van der Waals surface area (Å²) in [6.07, 6.45) is 0.877. The van der Waals surface area contributed by atoms with Crippen LogP contribution in [0.1, 0.15) is 24.8 Å². The summed E-state index contributed by atoms with van der Waals surface area (Å²) in [5.41, 5.74) is -1.23. The van der Waals surface area contributed by atoms with E-state index in [1.165, 1.54) is 12.1 Å². The zero-order valence-corrected chi connectivity index (χ0v) is 9.74. The average molecular weight is 266 g/mol. The van der Waals surface area contributed by atoms with Gasteiger partial charge >= 0.3 is 5.97 Å². The number of benzene rings is 1. The number of hydrogen-bond donors (Lipinski definition) is 1. The predicted octanol–water partition coefficient (Wildman–Crippen LogP) is 2.01. The third kappa shape index (κ3) is 2.37. The summed E-state index contributed by atoms with van der Waals surface area (Å²) in [5, 5.41) is 30.5. The van der Waals surface area contributed by atoms with Gasteiger partial charge in [-0.15, -0.1) is 0 Å². The Balaban J connectivity index is 2.49. The van der Waals surface area contributed by atoms with Crippen molar-refractivity contribution in [2.24, 2.45) is 0 Å². The number of aliphatic carboxylic acids is 1. The van der Waals surface area contributed by atoms with Gasteiger partial charge in [0, 0.05) is 17.0 Å². The molecule has 0 saturated heterocycles. The largest absolute Gasteiger partial charge is 0.481 e.